The number of pyridine rings is 1. The fourth-order valence-corrected chi connectivity index (χ4v) is 2.71. The Kier molecular flexibility index (Phi) is 4.18. The van der Waals surface area contributed by atoms with E-state index in [9.17, 15) is 9.90 Å². The Bertz CT molecular complexity index is 420. The zero-order valence-electron chi connectivity index (χ0n) is 10.7. The van der Waals surface area contributed by atoms with Gasteiger partial charge in [0.25, 0.3) is 5.91 Å². The first-order valence-corrected chi connectivity index (χ1v) is 6.66. The first-order chi connectivity index (χ1) is 8.72. The molecule has 2 rings (SSSR count). The smallest absolute Gasteiger partial charge is 0.255 e. The van der Waals surface area contributed by atoms with Gasteiger partial charge in [-0.25, -0.2) is 0 Å². The van der Waals surface area contributed by atoms with Crippen molar-refractivity contribution in [2.24, 2.45) is 5.92 Å². The fourth-order valence-electron chi connectivity index (χ4n) is 2.71. The maximum Gasteiger partial charge on any atom is 0.255 e. The number of nitrogens with one attached hydrogen (secondary N) is 1. The van der Waals surface area contributed by atoms with Crippen LogP contribution < -0.4 is 5.32 Å². The Morgan fingerprint density at radius 2 is 2.28 bits per heavy atom. The molecular formula is C14H20N2O2. The van der Waals surface area contributed by atoms with Gasteiger partial charge in [0.05, 0.1) is 11.8 Å². The Balaban J connectivity index is 2.04. The van der Waals surface area contributed by atoms with Gasteiger partial charge in [0.1, 0.15) is 5.75 Å². The van der Waals surface area contributed by atoms with Gasteiger partial charge < -0.3 is 10.4 Å². The summed E-state index contributed by atoms with van der Waals surface area (Å²) in [5.41, 5.74) is 0.311. The van der Waals surface area contributed by atoms with Gasteiger partial charge in [-0.1, -0.05) is 26.2 Å². The molecule has 0 saturated heterocycles. The second kappa shape index (κ2) is 5.85. The molecular weight excluding hydrogens is 228 g/mol. The Morgan fingerprint density at radius 1 is 1.50 bits per heavy atom. The van der Waals surface area contributed by atoms with Crippen molar-refractivity contribution in [3.05, 3.63) is 24.0 Å². The van der Waals surface area contributed by atoms with Crippen LogP contribution in [0.4, 0.5) is 0 Å². The van der Waals surface area contributed by atoms with Crippen molar-refractivity contribution in [2.45, 2.75) is 45.1 Å². The van der Waals surface area contributed by atoms with E-state index >= 15 is 0 Å². The number of amides is 1. The summed E-state index contributed by atoms with van der Waals surface area (Å²) in [5, 5.41) is 12.7. The molecule has 1 heterocycles. The van der Waals surface area contributed by atoms with Crippen molar-refractivity contribution in [1.29, 1.82) is 0 Å². The van der Waals surface area contributed by atoms with E-state index in [0.717, 1.165) is 12.8 Å². The van der Waals surface area contributed by atoms with Gasteiger partial charge in [-0.05, 0) is 24.8 Å². The lowest BCUT2D eigenvalue weighted by atomic mass is 9.83. The normalized spacial score (nSPS) is 23.6. The number of nitrogens with zero attached hydrogens (tertiary/aromatic N) is 1. The highest BCUT2D eigenvalue weighted by atomic mass is 16.3. The highest BCUT2D eigenvalue weighted by Crippen LogP contribution is 2.27. The van der Waals surface area contributed by atoms with E-state index < -0.39 is 0 Å². The van der Waals surface area contributed by atoms with Gasteiger partial charge in [-0.15, -0.1) is 0 Å². The average Bonchev–Trinajstić information content (AvgIpc) is 2.39. The van der Waals surface area contributed by atoms with Crippen molar-refractivity contribution >= 4 is 5.91 Å². The maximum absolute atomic E-state index is 12.1. The zero-order chi connectivity index (χ0) is 13.0. The van der Waals surface area contributed by atoms with Crippen molar-refractivity contribution in [1.82, 2.24) is 10.3 Å². The van der Waals surface area contributed by atoms with Crippen LogP contribution in [0.25, 0.3) is 0 Å². The van der Waals surface area contributed by atoms with E-state index in [0.29, 0.717) is 11.5 Å². The van der Waals surface area contributed by atoms with E-state index in [4.69, 9.17) is 0 Å². The standard InChI is InChI=1S/C14H20N2O2/c1-2-10-5-3-4-6-12(10)16-14(18)11-7-8-15-9-13(11)17/h7-10,12,17H,2-6H2,1H3,(H,16,18). The molecule has 0 aromatic carbocycles. The minimum absolute atomic E-state index is 0.0566. The van der Waals surface area contributed by atoms with E-state index in [-0.39, 0.29) is 17.7 Å². The molecule has 2 atom stereocenters. The number of rotatable bonds is 3. The van der Waals surface area contributed by atoms with Gasteiger partial charge in [0.2, 0.25) is 0 Å². The lowest BCUT2D eigenvalue weighted by Gasteiger charge is -2.31. The average molecular weight is 248 g/mol. The van der Waals surface area contributed by atoms with Gasteiger partial charge in [-0.2, -0.15) is 0 Å². The monoisotopic (exact) mass is 248 g/mol. The largest absolute Gasteiger partial charge is 0.505 e. The molecule has 1 fully saturated rings. The lowest BCUT2D eigenvalue weighted by molar-refractivity contribution is 0.0902. The van der Waals surface area contributed by atoms with Crippen LogP contribution in [0.2, 0.25) is 0 Å². The molecule has 4 heteroatoms. The minimum atomic E-state index is -0.194. The Labute approximate surface area is 107 Å². The molecule has 0 aliphatic heterocycles. The van der Waals surface area contributed by atoms with Gasteiger partial charge in [0.15, 0.2) is 0 Å². The number of hydrogen-bond acceptors (Lipinski definition) is 3. The van der Waals surface area contributed by atoms with E-state index in [1.807, 2.05) is 0 Å². The predicted octanol–water partition coefficient (Wildman–Crippen LogP) is 2.49. The summed E-state index contributed by atoms with van der Waals surface area (Å²) >= 11 is 0. The zero-order valence-corrected chi connectivity index (χ0v) is 10.7. The van der Waals surface area contributed by atoms with Crippen LogP contribution in [0.3, 0.4) is 0 Å². The molecule has 0 spiro atoms. The highest BCUT2D eigenvalue weighted by Gasteiger charge is 2.25. The third-order valence-electron chi connectivity index (χ3n) is 3.79. The quantitative estimate of drug-likeness (QED) is 0.863. The first kappa shape index (κ1) is 12.9. The fraction of sp³-hybridized carbons (Fsp3) is 0.571. The van der Waals surface area contributed by atoms with Crippen LogP contribution in [0.1, 0.15) is 49.4 Å². The summed E-state index contributed by atoms with van der Waals surface area (Å²) in [4.78, 5) is 15.9. The molecule has 1 amide bonds. The third-order valence-corrected chi connectivity index (χ3v) is 3.79. The Hall–Kier alpha value is -1.58. The maximum atomic E-state index is 12.1. The van der Waals surface area contributed by atoms with Crippen molar-refractivity contribution < 1.29 is 9.90 Å². The van der Waals surface area contributed by atoms with E-state index in [1.54, 1.807) is 6.07 Å². The topological polar surface area (TPSA) is 62.2 Å². The first-order valence-electron chi connectivity index (χ1n) is 6.66. The summed E-state index contributed by atoms with van der Waals surface area (Å²) in [7, 11) is 0. The molecule has 1 aliphatic rings. The second-order valence-electron chi connectivity index (χ2n) is 4.93. The highest BCUT2D eigenvalue weighted by molar-refractivity contribution is 5.96. The van der Waals surface area contributed by atoms with Crippen LogP contribution in [-0.2, 0) is 0 Å². The van der Waals surface area contributed by atoms with Gasteiger partial charge in [0, 0.05) is 12.2 Å². The molecule has 2 unspecified atom stereocenters. The summed E-state index contributed by atoms with van der Waals surface area (Å²) in [6, 6.07) is 1.79. The number of carbonyl (C=O) groups is 1. The summed E-state index contributed by atoms with van der Waals surface area (Å²) in [6.07, 6.45) is 8.56. The van der Waals surface area contributed by atoms with Gasteiger partial charge >= 0.3 is 0 Å². The molecule has 1 aliphatic carbocycles. The second-order valence-corrected chi connectivity index (χ2v) is 4.93. The van der Waals surface area contributed by atoms with Gasteiger partial charge in [-0.3, -0.25) is 9.78 Å². The van der Waals surface area contributed by atoms with Crippen LogP contribution in [-0.4, -0.2) is 22.0 Å². The van der Waals surface area contributed by atoms with E-state index in [1.165, 1.54) is 31.7 Å². The molecule has 18 heavy (non-hydrogen) atoms. The number of carbonyl (C=O) groups excluding carboxylic acids is 1. The van der Waals surface area contributed by atoms with Crippen molar-refractivity contribution in [3.63, 3.8) is 0 Å². The molecule has 4 nitrogen and oxygen atoms in total. The number of aromatic hydroxyl groups is 1. The molecule has 1 saturated carbocycles. The minimum Gasteiger partial charge on any atom is -0.505 e. The molecule has 0 bridgehead atoms. The van der Waals surface area contributed by atoms with Crippen LogP contribution in [0.15, 0.2) is 18.5 Å². The SMILES string of the molecule is CCC1CCCCC1NC(=O)c1ccncc1O. The van der Waals surface area contributed by atoms with Crippen molar-refractivity contribution in [3.8, 4) is 5.75 Å². The lowest BCUT2D eigenvalue weighted by Crippen LogP contribution is -2.41. The Morgan fingerprint density at radius 3 is 3.00 bits per heavy atom. The third kappa shape index (κ3) is 2.81. The van der Waals surface area contributed by atoms with Crippen LogP contribution >= 0.6 is 0 Å². The number of hydrogen-bond donors (Lipinski definition) is 2. The molecule has 1 aromatic heterocycles. The summed E-state index contributed by atoms with van der Waals surface area (Å²) < 4.78 is 0. The number of aromatic nitrogens is 1. The summed E-state index contributed by atoms with van der Waals surface area (Å²) in [5.74, 6) is 0.311. The molecule has 1 aromatic rings. The van der Waals surface area contributed by atoms with Crippen LogP contribution in [0, 0.1) is 5.92 Å². The van der Waals surface area contributed by atoms with E-state index in [2.05, 4.69) is 17.2 Å². The molecule has 98 valence electrons. The predicted molar refractivity (Wildman–Crippen MR) is 69.4 cm³/mol. The summed E-state index contributed by atoms with van der Waals surface area (Å²) in [6.45, 7) is 2.17. The van der Waals surface area contributed by atoms with Crippen molar-refractivity contribution in [2.75, 3.05) is 0 Å². The molecule has 2 N–H and O–H groups in total. The molecule has 0 radical (unpaired) electrons. The van der Waals surface area contributed by atoms with Crippen LogP contribution in [0.5, 0.6) is 5.75 Å².